The average molecular weight is 214 g/mol. The quantitative estimate of drug-likeness (QED) is 0.636. The van der Waals surface area contributed by atoms with Gasteiger partial charge in [-0.15, -0.1) is 0 Å². The molecule has 88 valence electrons. The van der Waals surface area contributed by atoms with Gasteiger partial charge in [0, 0.05) is 12.0 Å². The number of nitrogens with one attached hydrogen (secondary N) is 1. The van der Waals surface area contributed by atoms with Gasteiger partial charge in [0.15, 0.2) is 0 Å². The molecule has 0 heterocycles. The number of hydrogen-bond acceptors (Lipinski definition) is 3. The van der Waals surface area contributed by atoms with Crippen LogP contribution in [-0.2, 0) is 4.79 Å². The summed E-state index contributed by atoms with van der Waals surface area (Å²) in [6.07, 6.45) is 3.41. The summed E-state index contributed by atoms with van der Waals surface area (Å²) in [5.74, 6) is -0.241. The van der Waals surface area contributed by atoms with Crippen molar-refractivity contribution in [1.82, 2.24) is 5.32 Å². The highest BCUT2D eigenvalue weighted by Gasteiger charge is 2.26. The Kier molecular flexibility index (Phi) is 4.54. The lowest BCUT2D eigenvalue weighted by Gasteiger charge is -2.29. The molecule has 4 nitrogen and oxygen atoms in total. The van der Waals surface area contributed by atoms with Gasteiger partial charge < -0.3 is 16.2 Å². The van der Waals surface area contributed by atoms with Gasteiger partial charge in [0.25, 0.3) is 0 Å². The number of carbonyl (C=O) groups is 1. The van der Waals surface area contributed by atoms with Crippen molar-refractivity contribution in [3.63, 3.8) is 0 Å². The Labute approximate surface area is 91.2 Å². The Morgan fingerprint density at radius 3 is 2.53 bits per heavy atom. The summed E-state index contributed by atoms with van der Waals surface area (Å²) in [6.45, 7) is 3.64. The monoisotopic (exact) mass is 214 g/mol. The predicted octanol–water partition coefficient (Wildman–Crippen LogP) is 0.389. The van der Waals surface area contributed by atoms with Crippen LogP contribution in [0.25, 0.3) is 0 Å². The molecular formula is C11H22N2O2. The molecule has 1 aliphatic rings. The number of carbonyl (C=O) groups excluding carboxylic acids is 1. The van der Waals surface area contributed by atoms with E-state index in [0.29, 0.717) is 0 Å². The van der Waals surface area contributed by atoms with Crippen molar-refractivity contribution >= 4 is 5.91 Å². The Balaban J connectivity index is 2.42. The smallest absolute Gasteiger partial charge is 0.224 e. The van der Waals surface area contributed by atoms with Gasteiger partial charge in [0.2, 0.25) is 5.91 Å². The van der Waals surface area contributed by atoms with Crippen molar-refractivity contribution in [2.45, 2.75) is 57.7 Å². The molecular weight excluding hydrogens is 192 g/mol. The molecule has 1 rings (SSSR count). The fourth-order valence-corrected chi connectivity index (χ4v) is 1.83. The second-order valence-electron chi connectivity index (χ2n) is 4.61. The van der Waals surface area contributed by atoms with Crippen LogP contribution in [0.5, 0.6) is 0 Å². The minimum atomic E-state index is -0.386. The number of amides is 1. The van der Waals surface area contributed by atoms with Gasteiger partial charge in [-0.3, -0.25) is 4.79 Å². The maximum Gasteiger partial charge on any atom is 0.224 e. The Bertz CT molecular complexity index is 219. The number of hydrogen-bond donors (Lipinski definition) is 3. The first-order valence-corrected chi connectivity index (χ1v) is 5.76. The first kappa shape index (κ1) is 12.5. The summed E-state index contributed by atoms with van der Waals surface area (Å²) < 4.78 is 0. The Hall–Kier alpha value is -0.610. The lowest BCUT2D eigenvalue weighted by Crippen LogP contribution is -2.49. The van der Waals surface area contributed by atoms with E-state index in [9.17, 15) is 9.90 Å². The summed E-state index contributed by atoms with van der Waals surface area (Å²) in [6, 6.07) is -0.224. The van der Waals surface area contributed by atoms with E-state index in [1.54, 1.807) is 0 Å². The van der Waals surface area contributed by atoms with E-state index in [1.807, 2.05) is 13.8 Å². The summed E-state index contributed by atoms with van der Waals surface area (Å²) >= 11 is 0. The molecule has 0 aliphatic heterocycles. The molecule has 1 saturated carbocycles. The lowest BCUT2D eigenvalue weighted by molar-refractivity contribution is -0.126. The Morgan fingerprint density at radius 1 is 1.40 bits per heavy atom. The molecule has 4 atom stereocenters. The highest BCUT2D eigenvalue weighted by atomic mass is 16.3. The van der Waals surface area contributed by atoms with Crippen molar-refractivity contribution < 1.29 is 9.90 Å². The lowest BCUT2D eigenvalue weighted by atomic mass is 9.92. The first-order valence-electron chi connectivity index (χ1n) is 5.76. The van der Waals surface area contributed by atoms with E-state index in [1.165, 1.54) is 0 Å². The second kappa shape index (κ2) is 5.47. The summed E-state index contributed by atoms with van der Waals surface area (Å²) in [4.78, 5) is 11.7. The molecule has 15 heavy (non-hydrogen) atoms. The van der Waals surface area contributed by atoms with Crippen molar-refractivity contribution in [2.24, 2.45) is 11.7 Å². The van der Waals surface area contributed by atoms with E-state index < -0.39 is 0 Å². The van der Waals surface area contributed by atoms with E-state index in [4.69, 9.17) is 5.73 Å². The molecule has 0 spiro atoms. The molecule has 1 fully saturated rings. The third-order valence-electron chi connectivity index (χ3n) is 3.26. The number of nitrogens with two attached hydrogens (primary N) is 1. The number of rotatable bonds is 3. The normalized spacial score (nSPS) is 30.7. The zero-order chi connectivity index (χ0) is 11.4. The van der Waals surface area contributed by atoms with Crippen molar-refractivity contribution in [3.8, 4) is 0 Å². The van der Waals surface area contributed by atoms with Crippen LogP contribution < -0.4 is 11.1 Å². The summed E-state index contributed by atoms with van der Waals surface area (Å²) in [5, 5.41) is 12.6. The topological polar surface area (TPSA) is 75.4 Å². The minimum Gasteiger partial charge on any atom is -0.391 e. The van der Waals surface area contributed by atoms with E-state index in [2.05, 4.69) is 5.32 Å². The summed E-state index contributed by atoms with van der Waals surface area (Å²) in [5.41, 5.74) is 5.65. The standard InChI is InChI=1S/C11H22N2O2/c1-7(8(2)12)11(15)13-9-5-3-4-6-10(9)14/h7-10,14H,3-6,12H2,1-2H3,(H,13,15). The van der Waals surface area contributed by atoms with Gasteiger partial charge in [-0.25, -0.2) is 0 Å². The van der Waals surface area contributed by atoms with Crippen LogP contribution in [0.3, 0.4) is 0 Å². The molecule has 0 saturated heterocycles. The van der Waals surface area contributed by atoms with Crippen LogP contribution in [0.4, 0.5) is 0 Å². The zero-order valence-electron chi connectivity index (χ0n) is 9.57. The van der Waals surface area contributed by atoms with E-state index in [0.717, 1.165) is 25.7 Å². The van der Waals surface area contributed by atoms with Gasteiger partial charge in [-0.05, 0) is 19.8 Å². The molecule has 0 bridgehead atoms. The summed E-state index contributed by atoms with van der Waals surface area (Å²) in [7, 11) is 0. The maximum absolute atomic E-state index is 11.7. The van der Waals surface area contributed by atoms with Gasteiger partial charge in [-0.1, -0.05) is 19.8 Å². The predicted molar refractivity (Wildman–Crippen MR) is 59.2 cm³/mol. The van der Waals surface area contributed by atoms with Gasteiger partial charge in [-0.2, -0.15) is 0 Å². The van der Waals surface area contributed by atoms with Crippen LogP contribution in [-0.4, -0.2) is 29.2 Å². The minimum absolute atomic E-state index is 0.0454. The average Bonchev–Trinajstić information content (AvgIpc) is 2.20. The van der Waals surface area contributed by atoms with Gasteiger partial charge in [0.1, 0.15) is 0 Å². The molecule has 0 aromatic rings. The molecule has 4 N–H and O–H groups in total. The third-order valence-corrected chi connectivity index (χ3v) is 3.26. The number of aliphatic hydroxyl groups excluding tert-OH is 1. The van der Waals surface area contributed by atoms with Crippen LogP contribution in [0.2, 0.25) is 0 Å². The van der Waals surface area contributed by atoms with Crippen molar-refractivity contribution in [1.29, 1.82) is 0 Å². The molecule has 0 aromatic carbocycles. The van der Waals surface area contributed by atoms with Crippen LogP contribution in [0.15, 0.2) is 0 Å². The maximum atomic E-state index is 11.7. The highest BCUT2D eigenvalue weighted by molar-refractivity contribution is 5.79. The zero-order valence-corrected chi connectivity index (χ0v) is 9.57. The van der Waals surface area contributed by atoms with Crippen molar-refractivity contribution in [3.05, 3.63) is 0 Å². The second-order valence-corrected chi connectivity index (χ2v) is 4.61. The number of aliphatic hydroxyl groups is 1. The molecule has 4 heteroatoms. The van der Waals surface area contributed by atoms with Crippen LogP contribution in [0, 0.1) is 5.92 Å². The SMILES string of the molecule is CC(N)C(C)C(=O)NC1CCCCC1O. The van der Waals surface area contributed by atoms with E-state index in [-0.39, 0.29) is 30.0 Å². The van der Waals surface area contributed by atoms with E-state index >= 15 is 0 Å². The van der Waals surface area contributed by atoms with Crippen LogP contribution >= 0.6 is 0 Å². The molecule has 1 amide bonds. The third kappa shape index (κ3) is 3.47. The fourth-order valence-electron chi connectivity index (χ4n) is 1.83. The van der Waals surface area contributed by atoms with Gasteiger partial charge in [0.05, 0.1) is 12.1 Å². The largest absolute Gasteiger partial charge is 0.391 e. The van der Waals surface area contributed by atoms with Gasteiger partial charge >= 0.3 is 0 Å². The fraction of sp³-hybridized carbons (Fsp3) is 0.909. The molecule has 0 aromatic heterocycles. The Morgan fingerprint density at radius 2 is 2.00 bits per heavy atom. The molecule has 1 aliphatic carbocycles. The van der Waals surface area contributed by atoms with Crippen LogP contribution in [0.1, 0.15) is 39.5 Å². The first-order chi connectivity index (χ1) is 7.02. The molecule has 0 radical (unpaired) electrons. The van der Waals surface area contributed by atoms with Crippen molar-refractivity contribution in [2.75, 3.05) is 0 Å². The molecule has 4 unspecified atom stereocenters. The highest BCUT2D eigenvalue weighted by Crippen LogP contribution is 2.18.